The summed E-state index contributed by atoms with van der Waals surface area (Å²) in [4.78, 5) is 19.8. The molecule has 1 aromatic heterocycles. The number of hydrogen-bond acceptors (Lipinski definition) is 4. The standard InChI is InChI=1S/C9H13N3O2/c1-7(14-10)5-12-9(13)8-3-2-4-11-6-8/h2-4,6-7H,5,10H2,1H3,(H,12,13). The highest BCUT2D eigenvalue weighted by Crippen LogP contribution is 1.95. The number of pyridine rings is 1. The van der Waals surface area contributed by atoms with Crippen LogP contribution in [-0.2, 0) is 4.84 Å². The van der Waals surface area contributed by atoms with Gasteiger partial charge in [0, 0.05) is 18.9 Å². The average molecular weight is 195 g/mol. The van der Waals surface area contributed by atoms with E-state index >= 15 is 0 Å². The second-order valence-electron chi connectivity index (χ2n) is 2.90. The molecule has 1 heterocycles. The van der Waals surface area contributed by atoms with Crippen molar-refractivity contribution in [3.05, 3.63) is 30.1 Å². The van der Waals surface area contributed by atoms with E-state index in [1.807, 2.05) is 0 Å². The normalized spacial score (nSPS) is 12.1. The molecule has 0 aliphatic carbocycles. The predicted molar refractivity (Wildman–Crippen MR) is 51.3 cm³/mol. The molecule has 0 saturated heterocycles. The van der Waals surface area contributed by atoms with Gasteiger partial charge in [-0.15, -0.1) is 0 Å². The molecule has 0 bridgehead atoms. The zero-order valence-corrected chi connectivity index (χ0v) is 7.93. The SMILES string of the molecule is CC(CNC(=O)c1cccnc1)ON. The van der Waals surface area contributed by atoms with Gasteiger partial charge in [-0.05, 0) is 19.1 Å². The van der Waals surface area contributed by atoms with Gasteiger partial charge in [0.05, 0.1) is 11.7 Å². The molecule has 76 valence electrons. The Morgan fingerprint density at radius 1 is 1.79 bits per heavy atom. The first-order valence-electron chi connectivity index (χ1n) is 4.28. The van der Waals surface area contributed by atoms with Gasteiger partial charge in [-0.1, -0.05) is 0 Å². The second-order valence-corrected chi connectivity index (χ2v) is 2.90. The minimum Gasteiger partial charge on any atom is -0.349 e. The fourth-order valence-corrected chi connectivity index (χ4v) is 0.884. The molecule has 0 spiro atoms. The Labute approximate surface area is 82.2 Å². The fraction of sp³-hybridized carbons (Fsp3) is 0.333. The molecular weight excluding hydrogens is 182 g/mol. The lowest BCUT2D eigenvalue weighted by Gasteiger charge is -2.09. The Balaban J connectivity index is 2.44. The van der Waals surface area contributed by atoms with Crippen molar-refractivity contribution in [3.63, 3.8) is 0 Å². The van der Waals surface area contributed by atoms with Gasteiger partial charge in [-0.25, -0.2) is 5.90 Å². The van der Waals surface area contributed by atoms with E-state index < -0.39 is 0 Å². The molecule has 0 radical (unpaired) electrons. The van der Waals surface area contributed by atoms with Gasteiger partial charge < -0.3 is 5.32 Å². The number of rotatable bonds is 4. The van der Waals surface area contributed by atoms with Crippen molar-refractivity contribution >= 4 is 5.91 Å². The first-order valence-corrected chi connectivity index (χ1v) is 4.28. The number of aromatic nitrogens is 1. The van der Waals surface area contributed by atoms with Crippen molar-refractivity contribution in [2.45, 2.75) is 13.0 Å². The summed E-state index contributed by atoms with van der Waals surface area (Å²) in [7, 11) is 0. The summed E-state index contributed by atoms with van der Waals surface area (Å²) >= 11 is 0. The third-order valence-electron chi connectivity index (χ3n) is 1.71. The van der Waals surface area contributed by atoms with Gasteiger partial charge in [-0.3, -0.25) is 14.6 Å². The van der Waals surface area contributed by atoms with Crippen LogP contribution < -0.4 is 11.2 Å². The first kappa shape index (κ1) is 10.6. The minimum absolute atomic E-state index is 0.179. The first-order chi connectivity index (χ1) is 6.74. The van der Waals surface area contributed by atoms with Gasteiger partial charge in [-0.2, -0.15) is 0 Å². The van der Waals surface area contributed by atoms with E-state index in [-0.39, 0.29) is 12.0 Å². The molecule has 3 N–H and O–H groups in total. The van der Waals surface area contributed by atoms with Crippen LogP contribution >= 0.6 is 0 Å². The molecule has 1 atom stereocenters. The highest BCUT2D eigenvalue weighted by atomic mass is 16.6. The predicted octanol–water partition coefficient (Wildman–Crippen LogP) is 0.0902. The average Bonchev–Trinajstić information content (AvgIpc) is 2.26. The molecule has 1 rings (SSSR count). The second kappa shape index (κ2) is 5.31. The van der Waals surface area contributed by atoms with Crippen LogP contribution in [0.15, 0.2) is 24.5 Å². The van der Waals surface area contributed by atoms with Crippen molar-refractivity contribution in [1.82, 2.24) is 10.3 Å². The maximum absolute atomic E-state index is 11.4. The van der Waals surface area contributed by atoms with Crippen molar-refractivity contribution in [3.8, 4) is 0 Å². The summed E-state index contributed by atoms with van der Waals surface area (Å²) in [6, 6.07) is 3.40. The Hall–Kier alpha value is -1.46. The van der Waals surface area contributed by atoms with Crippen molar-refractivity contribution in [2.75, 3.05) is 6.54 Å². The molecule has 0 fully saturated rings. The maximum Gasteiger partial charge on any atom is 0.252 e. The van der Waals surface area contributed by atoms with Crippen molar-refractivity contribution < 1.29 is 9.63 Å². The molecule has 0 aliphatic heterocycles. The van der Waals surface area contributed by atoms with E-state index in [2.05, 4.69) is 15.1 Å². The summed E-state index contributed by atoms with van der Waals surface area (Å²) in [6.07, 6.45) is 2.92. The largest absolute Gasteiger partial charge is 0.349 e. The van der Waals surface area contributed by atoms with Crippen LogP contribution in [0, 0.1) is 0 Å². The fourth-order valence-electron chi connectivity index (χ4n) is 0.884. The number of hydrogen-bond donors (Lipinski definition) is 2. The molecule has 0 aromatic carbocycles. The highest BCUT2D eigenvalue weighted by molar-refractivity contribution is 5.93. The van der Waals surface area contributed by atoms with Crippen LogP contribution in [0.2, 0.25) is 0 Å². The van der Waals surface area contributed by atoms with Crippen LogP contribution in [0.25, 0.3) is 0 Å². The van der Waals surface area contributed by atoms with Gasteiger partial charge >= 0.3 is 0 Å². The number of amides is 1. The monoisotopic (exact) mass is 195 g/mol. The van der Waals surface area contributed by atoms with Crippen LogP contribution in [0.5, 0.6) is 0 Å². The van der Waals surface area contributed by atoms with E-state index in [0.29, 0.717) is 12.1 Å². The Morgan fingerprint density at radius 3 is 3.14 bits per heavy atom. The van der Waals surface area contributed by atoms with Gasteiger partial charge in [0.2, 0.25) is 0 Å². The minimum atomic E-state index is -0.198. The third-order valence-corrected chi connectivity index (χ3v) is 1.71. The molecule has 5 heteroatoms. The summed E-state index contributed by atoms with van der Waals surface area (Å²) < 4.78 is 0. The quantitative estimate of drug-likeness (QED) is 0.667. The summed E-state index contributed by atoms with van der Waals surface area (Å²) in [5.74, 6) is 4.75. The van der Waals surface area contributed by atoms with Crippen LogP contribution in [0.3, 0.4) is 0 Å². The lowest BCUT2D eigenvalue weighted by molar-refractivity contribution is 0.0622. The van der Waals surface area contributed by atoms with E-state index in [1.165, 1.54) is 6.20 Å². The molecule has 0 saturated carbocycles. The smallest absolute Gasteiger partial charge is 0.252 e. The lowest BCUT2D eigenvalue weighted by atomic mass is 10.2. The van der Waals surface area contributed by atoms with E-state index in [4.69, 9.17) is 5.90 Å². The highest BCUT2D eigenvalue weighted by Gasteiger charge is 2.06. The van der Waals surface area contributed by atoms with E-state index in [1.54, 1.807) is 25.3 Å². The zero-order valence-electron chi connectivity index (χ0n) is 7.93. The topological polar surface area (TPSA) is 77.2 Å². The molecule has 5 nitrogen and oxygen atoms in total. The van der Waals surface area contributed by atoms with Gasteiger partial charge in [0.15, 0.2) is 0 Å². The molecule has 1 amide bonds. The van der Waals surface area contributed by atoms with E-state index in [0.717, 1.165) is 0 Å². The Kier molecular flexibility index (Phi) is 4.03. The number of nitrogens with zero attached hydrogens (tertiary/aromatic N) is 1. The van der Waals surface area contributed by atoms with Crippen molar-refractivity contribution in [1.29, 1.82) is 0 Å². The molecule has 14 heavy (non-hydrogen) atoms. The van der Waals surface area contributed by atoms with Gasteiger partial charge in [0.1, 0.15) is 0 Å². The van der Waals surface area contributed by atoms with Crippen molar-refractivity contribution in [2.24, 2.45) is 5.90 Å². The molecular formula is C9H13N3O2. The van der Waals surface area contributed by atoms with Gasteiger partial charge in [0.25, 0.3) is 5.91 Å². The lowest BCUT2D eigenvalue weighted by Crippen LogP contribution is -2.33. The maximum atomic E-state index is 11.4. The molecule has 1 aromatic rings. The molecule has 0 aliphatic rings. The van der Waals surface area contributed by atoms with Crippen LogP contribution in [0.4, 0.5) is 0 Å². The summed E-state index contributed by atoms with van der Waals surface area (Å²) in [5, 5.41) is 2.67. The third kappa shape index (κ3) is 3.12. The Morgan fingerprint density at radius 2 is 2.57 bits per heavy atom. The number of carbonyl (C=O) groups excluding carboxylic acids is 1. The van der Waals surface area contributed by atoms with Crippen LogP contribution in [-0.4, -0.2) is 23.5 Å². The number of nitrogens with two attached hydrogens (primary N) is 1. The zero-order chi connectivity index (χ0) is 10.4. The summed E-state index contributed by atoms with van der Waals surface area (Å²) in [5.41, 5.74) is 0.525. The van der Waals surface area contributed by atoms with E-state index in [9.17, 15) is 4.79 Å². The molecule has 1 unspecified atom stereocenters. The Bertz CT molecular complexity index is 289. The number of nitrogens with one attached hydrogen (secondary N) is 1. The number of carbonyl (C=O) groups is 1. The summed E-state index contributed by atoms with van der Waals surface area (Å²) in [6.45, 7) is 2.15. The van der Waals surface area contributed by atoms with Crippen LogP contribution in [0.1, 0.15) is 17.3 Å².